The van der Waals surface area contributed by atoms with E-state index in [9.17, 15) is 37.1 Å². The van der Waals surface area contributed by atoms with Crippen LogP contribution < -0.4 is 28.4 Å². The van der Waals surface area contributed by atoms with Crippen LogP contribution in [0.25, 0.3) is 22.5 Å². The molecule has 12 nitrogen and oxygen atoms in total. The van der Waals surface area contributed by atoms with Gasteiger partial charge in [-0.15, -0.1) is 0 Å². The van der Waals surface area contributed by atoms with E-state index in [1.165, 1.54) is 95.2 Å². The van der Waals surface area contributed by atoms with Crippen molar-refractivity contribution in [3.05, 3.63) is 141 Å². The predicted octanol–water partition coefficient (Wildman–Crippen LogP) is 12.6. The zero-order valence-electron chi connectivity index (χ0n) is 40.7. The first-order valence-electron chi connectivity index (χ1n) is 22.4. The maximum Gasteiger partial charge on any atom is 0.181 e. The molecular weight excluding hydrogens is 983 g/mol. The number of hydrogen-bond acceptors (Lipinski definition) is 12. The Balaban J connectivity index is 0.000000269. The fraction of sp³-hybridized carbons (Fsp3) is 0.315. The van der Waals surface area contributed by atoms with Crippen LogP contribution in [-0.4, -0.2) is 87.4 Å². The number of rotatable bonds is 22. The minimum Gasteiger partial charge on any atom is -0.494 e. The van der Waals surface area contributed by atoms with Gasteiger partial charge in [0.05, 0.1) is 44.2 Å². The van der Waals surface area contributed by atoms with Crippen LogP contribution in [0.1, 0.15) is 83.4 Å². The minimum absolute atomic E-state index is 0.00697. The Kier molecular flexibility index (Phi) is 20.0. The lowest BCUT2D eigenvalue weighted by Gasteiger charge is -2.40. The molecule has 1 unspecified atom stereocenters. The first kappa shape index (κ1) is 56.2. The molecule has 0 saturated carbocycles. The normalized spacial score (nSPS) is 11.9. The molecule has 0 saturated heterocycles. The third kappa shape index (κ3) is 13.8. The third-order valence-electron chi connectivity index (χ3n) is 11.4. The number of alkyl halides is 2. The molecule has 6 rings (SSSR count). The minimum atomic E-state index is -1.51. The molecular formula is C54H54Cl2F4N2O10. The molecule has 0 bridgehead atoms. The van der Waals surface area contributed by atoms with E-state index in [2.05, 4.69) is 4.98 Å². The highest BCUT2D eigenvalue weighted by Crippen LogP contribution is 2.44. The number of aromatic nitrogens is 2. The molecule has 6 aromatic rings. The highest BCUT2D eigenvalue weighted by atomic mass is 35.5. The van der Waals surface area contributed by atoms with Crippen molar-refractivity contribution in [3.63, 3.8) is 0 Å². The molecule has 0 aliphatic heterocycles. The summed E-state index contributed by atoms with van der Waals surface area (Å²) in [6.07, 6.45) is -0.0595. The number of halogens is 6. The van der Waals surface area contributed by atoms with Crippen LogP contribution in [0.4, 0.5) is 17.6 Å². The highest BCUT2D eigenvalue weighted by molar-refractivity contribution is 6.31. The van der Waals surface area contributed by atoms with Gasteiger partial charge in [-0.2, -0.15) is 0 Å². The molecule has 72 heavy (non-hydrogen) atoms. The van der Waals surface area contributed by atoms with Crippen molar-refractivity contribution in [2.45, 2.75) is 52.1 Å². The summed E-state index contributed by atoms with van der Waals surface area (Å²) in [5, 5.41) is 11.8. The lowest BCUT2D eigenvalue weighted by molar-refractivity contribution is -0.0744. The molecule has 0 aliphatic rings. The predicted molar refractivity (Wildman–Crippen MR) is 266 cm³/mol. The van der Waals surface area contributed by atoms with Gasteiger partial charge in [-0.1, -0.05) is 44.0 Å². The van der Waals surface area contributed by atoms with Crippen LogP contribution in [0, 0.1) is 17.0 Å². The van der Waals surface area contributed by atoms with E-state index in [-0.39, 0.29) is 72.0 Å². The Bertz CT molecular complexity index is 2880. The van der Waals surface area contributed by atoms with Gasteiger partial charge in [0.15, 0.2) is 40.3 Å². The maximum absolute atomic E-state index is 13.8. The second kappa shape index (κ2) is 25.6. The Morgan fingerprint density at radius 1 is 0.542 bits per heavy atom. The number of carbonyl (C=O) groups is 3. The number of pyridine rings is 2. The summed E-state index contributed by atoms with van der Waals surface area (Å²) >= 11 is 11.9. The smallest absolute Gasteiger partial charge is 0.181 e. The van der Waals surface area contributed by atoms with Crippen molar-refractivity contribution in [2.75, 3.05) is 55.0 Å². The van der Waals surface area contributed by atoms with Gasteiger partial charge in [-0.05, 0) is 109 Å². The van der Waals surface area contributed by atoms with Crippen LogP contribution in [0.5, 0.6) is 34.5 Å². The molecule has 0 amide bonds. The lowest BCUT2D eigenvalue weighted by atomic mass is 9.71. The van der Waals surface area contributed by atoms with Gasteiger partial charge in [-0.25, -0.2) is 27.5 Å². The summed E-state index contributed by atoms with van der Waals surface area (Å²) in [7, 11) is 5.79. The molecule has 0 aliphatic carbocycles. The van der Waals surface area contributed by atoms with Crippen LogP contribution in [0.15, 0.2) is 97.1 Å². The van der Waals surface area contributed by atoms with E-state index >= 15 is 0 Å². The molecule has 382 valence electrons. The summed E-state index contributed by atoms with van der Waals surface area (Å²) in [5.41, 5.74) is 0.663. The quantitative estimate of drug-likeness (QED) is 0.0509. The molecule has 0 radical (unpaired) electrons. The number of hydrogen-bond donors (Lipinski definition) is 1. The van der Waals surface area contributed by atoms with Crippen LogP contribution >= 0.6 is 23.2 Å². The van der Waals surface area contributed by atoms with Crippen LogP contribution in [0.3, 0.4) is 0 Å². The number of methoxy groups -OCH3 is 4. The average molecular weight is 1040 g/mol. The third-order valence-corrected chi connectivity index (χ3v) is 12.0. The van der Waals surface area contributed by atoms with Crippen molar-refractivity contribution in [3.8, 4) is 57.0 Å². The van der Waals surface area contributed by atoms with E-state index in [0.717, 1.165) is 0 Å². The summed E-state index contributed by atoms with van der Waals surface area (Å²) in [6.45, 7) is 4.03. The molecule has 1 atom stereocenters. The van der Waals surface area contributed by atoms with Crippen LogP contribution in [-0.2, 0) is 5.60 Å². The summed E-state index contributed by atoms with van der Waals surface area (Å²) < 4.78 is 84.0. The number of ether oxygens (including phenoxy) is 6. The Morgan fingerprint density at radius 3 is 1.42 bits per heavy atom. The summed E-state index contributed by atoms with van der Waals surface area (Å²) in [5.74, 6) is 0.100. The first-order valence-corrected chi connectivity index (χ1v) is 23.1. The first-order chi connectivity index (χ1) is 34.3. The van der Waals surface area contributed by atoms with Crippen LogP contribution in [0.2, 0.25) is 10.0 Å². The molecule has 4 aromatic carbocycles. The van der Waals surface area contributed by atoms with E-state index in [1.807, 2.05) is 20.8 Å². The lowest BCUT2D eigenvalue weighted by Crippen LogP contribution is -2.41. The molecule has 2 aromatic heterocycles. The fourth-order valence-corrected chi connectivity index (χ4v) is 7.71. The standard InChI is InChI=1S/C29H32ClF2NO5.C25H22ClF2NO5/c1-28(2,3)29(35,13-12-22(34)18-7-9-23(38-15-14-31)25(17-18)37-5)26-11-10-24(36-4)27(33-26)19-6-8-21(32)20(30)16-19;1-32-23-10-6-19(29-25(23)16-3-5-18(28)17(26)13-16)21(31)8-7-20(30)15-4-9-22(34-12-11-27)24(14-15)33-2/h6-11,16-17,35H,12-15H2,1-5H3;3-6,9-10,13-14H,7-8,11-12H2,1-2H3. The Hall–Kier alpha value is -6.75. The van der Waals surface area contributed by atoms with Gasteiger partial charge in [0.2, 0.25) is 0 Å². The van der Waals surface area contributed by atoms with Gasteiger partial charge in [0.25, 0.3) is 0 Å². The van der Waals surface area contributed by atoms with Crippen molar-refractivity contribution < 1.29 is 65.5 Å². The van der Waals surface area contributed by atoms with Gasteiger partial charge in [0, 0.05) is 41.5 Å². The van der Waals surface area contributed by atoms with Gasteiger partial charge in [0.1, 0.15) is 72.4 Å². The van der Waals surface area contributed by atoms with Gasteiger partial charge >= 0.3 is 0 Å². The second-order valence-corrected chi connectivity index (χ2v) is 17.8. The van der Waals surface area contributed by atoms with Gasteiger partial charge in [-0.3, -0.25) is 14.4 Å². The number of nitrogens with zero attached hydrogens (tertiary/aromatic N) is 2. The molecule has 1 N–H and O–H groups in total. The highest BCUT2D eigenvalue weighted by Gasteiger charge is 2.43. The van der Waals surface area contributed by atoms with E-state index in [1.54, 1.807) is 30.3 Å². The molecule has 18 heteroatoms. The number of carbonyl (C=O) groups excluding carboxylic acids is 3. The van der Waals surface area contributed by atoms with Crippen molar-refractivity contribution in [1.82, 2.24) is 9.97 Å². The van der Waals surface area contributed by atoms with Crippen molar-refractivity contribution in [2.24, 2.45) is 5.41 Å². The van der Waals surface area contributed by atoms with E-state index < -0.39 is 36.0 Å². The topological polar surface area (TPSA) is 153 Å². The second-order valence-electron chi connectivity index (χ2n) is 16.9. The summed E-state index contributed by atoms with van der Waals surface area (Å²) in [4.78, 5) is 47.6. The monoisotopic (exact) mass is 1040 g/mol. The number of benzene rings is 4. The average Bonchev–Trinajstić information content (AvgIpc) is 3.38. The fourth-order valence-electron chi connectivity index (χ4n) is 7.35. The maximum atomic E-state index is 13.8. The number of aliphatic hydroxyl groups is 1. The zero-order chi connectivity index (χ0) is 52.8. The summed E-state index contributed by atoms with van der Waals surface area (Å²) in [6, 6.07) is 23.9. The Morgan fingerprint density at radius 2 is 0.972 bits per heavy atom. The molecule has 0 fully saturated rings. The zero-order valence-corrected chi connectivity index (χ0v) is 42.2. The van der Waals surface area contributed by atoms with E-state index in [0.29, 0.717) is 73.8 Å². The van der Waals surface area contributed by atoms with Crippen molar-refractivity contribution >= 4 is 40.6 Å². The van der Waals surface area contributed by atoms with Crippen molar-refractivity contribution in [1.29, 1.82) is 0 Å². The molecule has 2 heterocycles. The Labute approximate surface area is 425 Å². The SMILES string of the molecule is COc1cc(C(=O)CCC(=O)c2ccc(OC)c(-c3ccc(F)c(Cl)c3)n2)ccc1OCCF.COc1cc(C(=O)CCC(O)(c2ccc(OC)c(-c3ccc(F)c(Cl)c3)n2)C(C)(C)C)ccc1OCCF. The number of Topliss-reactive ketones (excluding diaryl/α,β-unsaturated/α-hetero) is 3. The number of ketones is 3. The van der Waals surface area contributed by atoms with E-state index in [4.69, 9.17) is 56.6 Å². The molecule has 0 spiro atoms. The largest absolute Gasteiger partial charge is 0.494 e. The van der Waals surface area contributed by atoms with Gasteiger partial charge < -0.3 is 33.5 Å².